The van der Waals surface area contributed by atoms with E-state index < -0.39 is 11.4 Å². The van der Waals surface area contributed by atoms with Gasteiger partial charge in [-0.15, -0.1) is 0 Å². The molecule has 0 aromatic heterocycles. The minimum Gasteiger partial charge on any atom is -0.481 e. The summed E-state index contributed by atoms with van der Waals surface area (Å²) in [7, 11) is 1.53. The number of rotatable bonds is 6. The number of aliphatic carboxylic acids is 1. The van der Waals surface area contributed by atoms with Gasteiger partial charge in [0.15, 0.2) is 0 Å². The molecule has 1 fully saturated rings. The largest absolute Gasteiger partial charge is 0.481 e. The van der Waals surface area contributed by atoms with Crippen LogP contribution in [0, 0.1) is 18.3 Å². The molecule has 6 heteroatoms. The van der Waals surface area contributed by atoms with Crippen molar-refractivity contribution in [3.8, 4) is 0 Å². The Bertz CT molecular complexity index is 695. The predicted octanol–water partition coefficient (Wildman–Crippen LogP) is 3.35. The molecule has 1 aromatic rings. The minimum atomic E-state index is -1.00. The summed E-state index contributed by atoms with van der Waals surface area (Å²) in [5, 5.41) is 14.8. The van der Waals surface area contributed by atoms with E-state index in [-0.39, 0.29) is 24.2 Å². The number of carbonyl (C=O) groups is 3. The molecule has 1 saturated carbocycles. The van der Waals surface area contributed by atoms with Gasteiger partial charge in [-0.1, -0.05) is 30.9 Å². The third-order valence-electron chi connectivity index (χ3n) is 5.44. The Morgan fingerprint density at radius 1 is 1.19 bits per heavy atom. The molecule has 1 aliphatic carbocycles. The number of carboxylic acids is 1. The number of hydrogen-bond acceptors (Lipinski definition) is 3. The molecule has 6 nitrogen and oxygen atoms in total. The molecule has 0 saturated heterocycles. The number of aryl methyl sites for hydroxylation is 1. The van der Waals surface area contributed by atoms with Crippen LogP contribution in [0.15, 0.2) is 18.2 Å². The first-order chi connectivity index (χ1) is 12.3. The van der Waals surface area contributed by atoms with Crippen molar-refractivity contribution in [2.45, 2.75) is 52.4 Å². The molecule has 0 radical (unpaired) electrons. The maximum Gasteiger partial charge on any atom is 0.304 e. The summed E-state index contributed by atoms with van der Waals surface area (Å²) in [6.07, 6.45) is 4.65. The number of anilines is 1. The van der Waals surface area contributed by atoms with Crippen molar-refractivity contribution in [1.82, 2.24) is 5.32 Å². The smallest absolute Gasteiger partial charge is 0.304 e. The Balaban J connectivity index is 2.32. The molecule has 142 valence electrons. The topological polar surface area (TPSA) is 95.5 Å². The fraction of sp³-hybridized carbons (Fsp3) is 0.550. The number of nitrogens with one attached hydrogen (secondary N) is 2. The fourth-order valence-electron chi connectivity index (χ4n) is 3.82. The average molecular weight is 360 g/mol. The summed E-state index contributed by atoms with van der Waals surface area (Å²) in [6, 6.07) is 5.22. The van der Waals surface area contributed by atoms with Crippen LogP contribution < -0.4 is 10.6 Å². The van der Waals surface area contributed by atoms with Crippen LogP contribution in [-0.2, 0) is 9.59 Å². The Labute approximate surface area is 154 Å². The highest BCUT2D eigenvalue weighted by molar-refractivity contribution is 6.05. The lowest BCUT2D eigenvalue weighted by Crippen LogP contribution is -2.43. The van der Waals surface area contributed by atoms with E-state index in [4.69, 9.17) is 0 Å². The molecular weight excluding hydrogens is 332 g/mol. The second kappa shape index (κ2) is 8.34. The summed E-state index contributed by atoms with van der Waals surface area (Å²) in [5.74, 6) is -1.58. The number of carbonyl (C=O) groups excluding carboxylic acids is 2. The van der Waals surface area contributed by atoms with E-state index in [1.165, 1.54) is 7.05 Å². The van der Waals surface area contributed by atoms with Gasteiger partial charge >= 0.3 is 5.97 Å². The quantitative estimate of drug-likeness (QED) is 0.725. The monoisotopic (exact) mass is 360 g/mol. The van der Waals surface area contributed by atoms with Crippen molar-refractivity contribution in [2.75, 3.05) is 12.4 Å². The molecule has 0 spiro atoms. The van der Waals surface area contributed by atoms with Gasteiger partial charge in [-0.25, -0.2) is 0 Å². The molecule has 0 bridgehead atoms. The Kier molecular flexibility index (Phi) is 6.40. The van der Waals surface area contributed by atoms with Gasteiger partial charge in [-0.05, 0) is 44.7 Å². The van der Waals surface area contributed by atoms with Crippen LogP contribution in [-0.4, -0.2) is 29.9 Å². The Morgan fingerprint density at radius 2 is 1.85 bits per heavy atom. The first-order valence-electron chi connectivity index (χ1n) is 9.14. The highest BCUT2D eigenvalue weighted by Crippen LogP contribution is 2.42. The maximum atomic E-state index is 13.1. The van der Waals surface area contributed by atoms with Crippen LogP contribution in [0.3, 0.4) is 0 Å². The van der Waals surface area contributed by atoms with Gasteiger partial charge in [0.2, 0.25) is 5.91 Å². The minimum absolute atomic E-state index is 0.0289. The summed E-state index contributed by atoms with van der Waals surface area (Å²) in [4.78, 5) is 36.7. The van der Waals surface area contributed by atoms with Crippen LogP contribution in [0.2, 0.25) is 0 Å². The van der Waals surface area contributed by atoms with Crippen LogP contribution >= 0.6 is 0 Å². The van der Waals surface area contributed by atoms with Gasteiger partial charge in [0, 0.05) is 7.05 Å². The molecule has 26 heavy (non-hydrogen) atoms. The highest BCUT2D eigenvalue weighted by Gasteiger charge is 2.43. The molecule has 2 rings (SSSR count). The average Bonchev–Trinajstić information content (AvgIpc) is 2.62. The van der Waals surface area contributed by atoms with Crippen molar-refractivity contribution in [2.24, 2.45) is 11.3 Å². The second-order valence-electron chi connectivity index (χ2n) is 7.41. The van der Waals surface area contributed by atoms with Gasteiger partial charge in [0.1, 0.15) is 0 Å². The van der Waals surface area contributed by atoms with Gasteiger partial charge in [0.25, 0.3) is 5.91 Å². The van der Waals surface area contributed by atoms with Crippen LogP contribution in [0.5, 0.6) is 0 Å². The van der Waals surface area contributed by atoms with E-state index in [1.54, 1.807) is 19.1 Å². The number of hydrogen-bond donors (Lipinski definition) is 3. The van der Waals surface area contributed by atoms with Crippen LogP contribution in [0.25, 0.3) is 0 Å². The number of carboxylic acid groups (broad SMARTS) is 1. The molecule has 2 amide bonds. The molecule has 3 N–H and O–H groups in total. The summed E-state index contributed by atoms with van der Waals surface area (Å²) < 4.78 is 0. The highest BCUT2D eigenvalue weighted by atomic mass is 16.4. The molecular formula is C20H28N2O4. The standard InChI is InChI=1S/C20H28N2O4/c1-13-9-10-16(15(11-13)18(25)21-3)22-19(26)20(2,12-17(23)24)14-7-5-4-6-8-14/h9-11,14H,4-8,12H2,1-3H3,(H,21,25)(H,22,26)(H,23,24). The Morgan fingerprint density at radius 3 is 2.42 bits per heavy atom. The first-order valence-corrected chi connectivity index (χ1v) is 9.14. The molecule has 0 heterocycles. The van der Waals surface area contributed by atoms with E-state index in [0.717, 1.165) is 37.7 Å². The SMILES string of the molecule is CNC(=O)c1cc(C)ccc1NC(=O)C(C)(CC(=O)O)C1CCCCC1. The lowest BCUT2D eigenvalue weighted by Gasteiger charge is -2.37. The fourth-order valence-corrected chi connectivity index (χ4v) is 3.82. The van der Waals surface area contributed by atoms with Crippen LogP contribution in [0.4, 0.5) is 5.69 Å². The van der Waals surface area contributed by atoms with Gasteiger partial charge in [-0.3, -0.25) is 14.4 Å². The third kappa shape index (κ3) is 4.42. The Hall–Kier alpha value is -2.37. The van der Waals surface area contributed by atoms with Crippen molar-refractivity contribution in [1.29, 1.82) is 0 Å². The zero-order valence-electron chi connectivity index (χ0n) is 15.7. The molecule has 1 aliphatic rings. The van der Waals surface area contributed by atoms with E-state index in [2.05, 4.69) is 10.6 Å². The second-order valence-corrected chi connectivity index (χ2v) is 7.41. The lowest BCUT2D eigenvalue weighted by molar-refractivity contribution is -0.145. The predicted molar refractivity (Wildman–Crippen MR) is 100 cm³/mol. The van der Waals surface area contributed by atoms with E-state index >= 15 is 0 Å². The van der Waals surface area contributed by atoms with E-state index in [0.29, 0.717) is 11.3 Å². The van der Waals surface area contributed by atoms with Gasteiger partial charge in [-0.2, -0.15) is 0 Å². The lowest BCUT2D eigenvalue weighted by atomic mass is 9.67. The van der Waals surface area contributed by atoms with Gasteiger partial charge in [0.05, 0.1) is 23.1 Å². The molecule has 1 atom stereocenters. The van der Waals surface area contributed by atoms with Crippen molar-refractivity contribution in [3.05, 3.63) is 29.3 Å². The zero-order valence-corrected chi connectivity index (χ0v) is 15.7. The van der Waals surface area contributed by atoms with E-state index in [9.17, 15) is 19.5 Å². The first kappa shape index (κ1) is 19.9. The van der Waals surface area contributed by atoms with Gasteiger partial charge < -0.3 is 15.7 Å². The normalized spacial score (nSPS) is 17.2. The summed E-state index contributed by atoms with van der Waals surface area (Å²) >= 11 is 0. The summed E-state index contributed by atoms with van der Waals surface area (Å²) in [6.45, 7) is 3.61. The van der Waals surface area contributed by atoms with Crippen molar-refractivity contribution < 1.29 is 19.5 Å². The zero-order chi connectivity index (χ0) is 19.3. The number of amides is 2. The molecule has 1 aromatic carbocycles. The third-order valence-corrected chi connectivity index (χ3v) is 5.44. The van der Waals surface area contributed by atoms with E-state index in [1.807, 2.05) is 13.0 Å². The van der Waals surface area contributed by atoms with Crippen LogP contribution in [0.1, 0.15) is 61.4 Å². The molecule has 0 aliphatic heterocycles. The van der Waals surface area contributed by atoms with Crippen molar-refractivity contribution in [3.63, 3.8) is 0 Å². The summed E-state index contributed by atoms with van der Waals surface area (Å²) in [5.41, 5.74) is 0.689. The van der Waals surface area contributed by atoms with Crippen molar-refractivity contribution >= 4 is 23.5 Å². The number of benzene rings is 1. The molecule has 1 unspecified atom stereocenters. The maximum absolute atomic E-state index is 13.1.